The molecule has 1 aromatic rings. The molecule has 1 saturated carbocycles. The molecule has 1 aliphatic rings. The first-order valence-electron chi connectivity index (χ1n) is 4.69. The van der Waals surface area contributed by atoms with Gasteiger partial charge in [0.25, 0.3) is 0 Å². The van der Waals surface area contributed by atoms with Gasteiger partial charge in [-0.05, 0) is 18.8 Å². The summed E-state index contributed by atoms with van der Waals surface area (Å²) in [7, 11) is 0. The Morgan fingerprint density at radius 1 is 1.54 bits per heavy atom. The summed E-state index contributed by atoms with van der Waals surface area (Å²) in [5, 5.41) is 3.80. The quantitative estimate of drug-likeness (QED) is 0.690. The molecule has 1 fully saturated rings. The second kappa shape index (κ2) is 3.66. The van der Waals surface area contributed by atoms with Crippen molar-refractivity contribution in [3.05, 3.63) is 11.7 Å². The predicted molar refractivity (Wildman–Crippen MR) is 49.6 cm³/mol. The van der Waals surface area contributed by atoms with E-state index in [2.05, 4.69) is 17.1 Å². The second-order valence-electron chi connectivity index (χ2n) is 3.70. The Balaban J connectivity index is 2.15. The van der Waals surface area contributed by atoms with Gasteiger partial charge in [0, 0.05) is 5.92 Å². The number of nitrogens with zero attached hydrogens (tertiary/aromatic N) is 2. The van der Waals surface area contributed by atoms with Gasteiger partial charge in [-0.25, -0.2) is 0 Å². The average Bonchev–Trinajstić information content (AvgIpc) is 2.71. The molecule has 0 amide bonds. The van der Waals surface area contributed by atoms with Crippen LogP contribution in [0.25, 0.3) is 0 Å². The van der Waals surface area contributed by atoms with E-state index in [1.54, 1.807) is 0 Å². The van der Waals surface area contributed by atoms with Crippen LogP contribution in [0.4, 0.5) is 0 Å². The Kier molecular flexibility index (Phi) is 2.54. The van der Waals surface area contributed by atoms with Gasteiger partial charge < -0.3 is 4.52 Å². The molecular formula is C9H13ClN2O. The summed E-state index contributed by atoms with van der Waals surface area (Å²) < 4.78 is 5.16. The van der Waals surface area contributed by atoms with E-state index >= 15 is 0 Å². The van der Waals surface area contributed by atoms with Crippen molar-refractivity contribution in [3.8, 4) is 0 Å². The summed E-state index contributed by atoms with van der Waals surface area (Å²) in [6.07, 6.45) is 3.71. The second-order valence-corrected chi connectivity index (χ2v) is 3.96. The monoisotopic (exact) mass is 200 g/mol. The number of rotatable bonds is 2. The van der Waals surface area contributed by atoms with Crippen molar-refractivity contribution in [2.45, 2.75) is 38.0 Å². The normalized spacial score (nSPS) is 28.2. The summed E-state index contributed by atoms with van der Waals surface area (Å²) >= 11 is 5.60. The first kappa shape index (κ1) is 9.00. The van der Waals surface area contributed by atoms with Gasteiger partial charge in [-0.15, -0.1) is 11.6 Å². The maximum Gasteiger partial charge on any atom is 0.230 e. The third-order valence-corrected chi connectivity index (χ3v) is 3.02. The lowest BCUT2D eigenvalue weighted by atomic mass is 9.98. The average molecular weight is 201 g/mol. The molecule has 2 unspecified atom stereocenters. The lowest BCUT2D eigenvalue weighted by Gasteiger charge is -2.08. The van der Waals surface area contributed by atoms with Crippen LogP contribution in [0.5, 0.6) is 0 Å². The molecule has 4 heteroatoms. The van der Waals surface area contributed by atoms with E-state index in [-0.39, 0.29) is 0 Å². The van der Waals surface area contributed by atoms with E-state index in [4.69, 9.17) is 16.1 Å². The van der Waals surface area contributed by atoms with Crippen molar-refractivity contribution in [1.29, 1.82) is 0 Å². The van der Waals surface area contributed by atoms with Crippen LogP contribution in [0.3, 0.4) is 0 Å². The molecule has 2 rings (SSSR count). The first-order valence-corrected chi connectivity index (χ1v) is 5.23. The Hall–Kier alpha value is -0.570. The van der Waals surface area contributed by atoms with E-state index in [1.807, 2.05) is 0 Å². The summed E-state index contributed by atoms with van der Waals surface area (Å²) in [6, 6.07) is 0. The van der Waals surface area contributed by atoms with Gasteiger partial charge in [-0.1, -0.05) is 18.5 Å². The fraction of sp³-hybridized carbons (Fsp3) is 0.778. The Morgan fingerprint density at radius 2 is 2.38 bits per heavy atom. The highest BCUT2D eigenvalue weighted by molar-refractivity contribution is 6.16. The zero-order valence-electron chi connectivity index (χ0n) is 7.66. The summed E-state index contributed by atoms with van der Waals surface area (Å²) in [5.74, 6) is 2.86. The minimum Gasteiger partial charge on any atom is -0.339 e. The van der Waals surface area contributed by atoms with Crippen LogP contribution in [-0.4, -0.2) is 10.1 Å². The molecule has 13 heavy (non-hydrogen) atoms. The standard InChI is InChI=1S/C9H13ClN2O/c1-6-3-2-4-7(6)9-11-8(5-10)12-13-9/h6-7H,2-5H2,1H3. The summed E-state index contributed by atoms with van der Waals surface area (Å²) in [4.78, 5) is 4.25. The molecule has 1 heterocycles. The first-order chi connectivity index (χ1) is 6.31. The van der Waals surface area contributed by atoms with Crippen molar-refractivity contribution in [3.63, 3.8) is 0 Å². The highest BCUT2D eigenvalue weighted by atomic mass is 35.5. The van der Waals surface area contributed by atoms with Gasteiger partial charge in [0.05, 0.1) is 5.88 Å². The molecule has 0 radical (unpaired) electrons. The minimum atomic E-state index is 0.338. The van der Waals surface area contributed by atoms with Crippen LogP contribution in [0, 0.1) is 5.92 Å². The predicted octanol–water partition coefficient (Wildman–Crippen LogP) is 2.71. The third-order valence-electron chi connectivity index (χ3n) is 2.78. The molecule has 72 valence electrons. The molecule has 0 saturated heterocycles. The van der Waals surface area contributed by atoms with Crippen molar-refractivity contribution < 1.29 is 4.52 Å². The van der Waals surface area contributed by atoms with E-state index in [0.29, 0.717) is 23.5 Å². The highest BCUT2D eigenvalue weighted by Gasteiger charge is 2.29. The van der Waals surface area contributed by atoms with Crippen LogP contribution in [-0.2, 0) is 5.88 Å². The maximum atomic E-state index is 5.60. The Morgan fingerprint density at radius 3 is 2.92 bits per heavy atom. The van der Waals surface area contributed by atoms with E-state index in [1.165, 1.54) is 19.3 Å². The third kappa shape index (κ3) is 1.70. The van der Waals surface area contributed by atoms with Gasteiger partial charge in [0.15, 0.2) is 5.82 Å². The number of aromatic nitrogens is 2. The molecule has 1 aromatic heterocycles. The Labute approximate surface area is 82.5 Å². The fourth-order valence-electron chi connectivity index (χ4n) is 1.98. The van der Waals surface area contributed by atoms with Gasteiger partial charge in [-0.2, -0.15) is 4.98 Å². The van der Waals surface area contributed by atoms with Gasteiger partial charge >= 0.3 is 0 Å². The van der Waals surface area contributed by atoms with Gasteiger partial charge in [-0.3, -0.25) is 0 Å². The van der Waals surface area contributed by atoms with Gasteiger partial charge in [0.2, 0.25) is 5.89 Å². The SMILES string of the molecule is CC1CCCC1c1nc(CCl)no1. The van der Waals surface area contributed by atoms with Crippen molar-refractivity contribution >= 4 is 11.6 Å². The molecular weight excluding hydrogens is 188 g/mol. The number of hydrogen-bond acceptors (Lipinski definition) is 3. The number of alkyl halides is 1. The minimum absolute atomic E-state index is 0.338. The van der Waals surface area contributed by atoms with Crippen molar-refractivity contribution in [1.82, 2.24) is 10.1 Å². The van der Waals surface area contributed by atoms with Crippen LogP contribution in [0.1, 0.15) is 43.8 Å². The zero-order chi connectivity index (χ0) is 9.26. The number of halogens is 1. The molecule has 0 aromatic carbocycles. The molecule has 2 atom stereocenters. The van der Waals surface area contributed by atoms with Crippen molar-refractivity contribution in [2.24, 2.45) is 5.92 Å². The number of hydrogen-bond donors (Lipinski definition) is 0. The Bertz CT molecular complexity index is 287. The lowest BCUT2D eigenvalue weighted by Crippen LogP contribution is -2.02. The molecule has 1 aliphatic carbocycles. The van der Waals surface area contributed by atoms with Crippen LogP contribution in [0.2, 0.25) is 0 Å². The summed E-state index contributed by atoms with van der Waals surface area (Å²) in [5.41, 5.74) is 0. The molecule has 0 spiro atoms. The van der Waals surface area contributed by atoms with E-state index < -0.39 is 0 Å². The molecule has 0 bridgehead atoms. The molecule has 0 N–H and O–H groups in total. The van der Waals surface area contributed by atoms with Crippen molar-refractivity contribution in [2.75, 3.05) is 0 Å². The summed E-state index contributed by atoms with van der Waals surface area (Å²) in [6.45, 7) is 2.24. The van der Waals surface area contributed by atoms with Crippen LogP contribution < -0.4 is 0 Å². The lowest BCUT2D eigenvalue weighted by molar-refractivity contribution is 0.329. The van der Waals surface area contributed by atoms with E-state index in [9.17, 15) is 0 Å². The fourth-order valence-corrected chi connectivity index (χ4v) is 2.09. The highest BCUT2D eigenvalue weighted by Crippen LogP contribution is 2.38. The molecule has 0 aliphatic heterocycles. The van der Waals surface area contributed by atoms with Crippen LogP contribution >= 0.6 is 11.6 Å². The largest absolute Gasteiger partial charge is 0.339 e. The maximum absolute atomic E-state index is 5.60. The molecule has 3 nitrogen and oxygen atoms in total. The van der Waals surface area contributed by atoms with E-state index in [0.717, 1.165) is 5.89 Å². The van der Waals surface area contributed by atoms with Gasteiger partial charge in [0.1, 0.15) is 0 Å². The smallest absolute Gasteiger partial charge is 0.230 e. The topological polar surface area (TPSA) is 38.9 Å². The zero-order valence-corrected chi connectivity index (χ0v) is 8.42. The van der Waals surface area contributed by atoms with Crippen LogP contribution in [0.15, 0.2) is 4.52 Å².